The van der Waals surface area contributed by atoms with Gasteiger partial charge < -0.3 is 14.8 Å². The SMILES string of the molecule is COC(C)(C)C(=O)NCC1CCOC1C. The Kier molecular flexibility index (Phi) is 4.11. The third-order valence-corrected chi connectivity index (χ3v) is 3.12. The van der Waals surface area contributed by atoms with Crippen molar-refractivity contribution in [1.29, 1.82) is 0 Å². The fraction of sp³-hybridized carbons (Fsp3) is 0.909. The van der Waals surface area contributed by atoms with E-state index in [2.05, 4.69) is 5.32 Å². The van der Waals surface area contributed by atoms with Crippen LogP contribution in [-0.4, -0.2) is 37.9 Å². The summed E-state index contributed by atoms with van der Waals surface area (Å²) in [5, 5.41) is 2.90. The quantitative estimate of drug-likeness (QED) is 0.759. The van der Waals surface area contributed by atoms with Crippen molar-refractivity contribution in [2.24, 2.45) is 5.92 Å². The highest BCUT2D eigenvalue weighted by atomic mass is 16.5. The van der Waals surface area contributed by atoms with E-state index in [1.165, 1.54) is 0 Å². The predicted octanol–water partition coefficient (Wildman–Crippen LogP) is 0.953. The standard InChI is InChI=1S/C11H21NO3/c1-8-9(5-6-15-8)7-12-10(13)11(2,3)14-4/h8-9H,5-7H2,1-4H3,(H,12,13). The Morgan fingerprint density at radius 1 is 1.60 bits per heavy atom. The fourth-order valence-corrected chi connectivity index (χ4v) is 1.57. The first-order chi connectivity index (χ1) is 6.97. The molecule has 0 saturated carbocycles. The lowest BCUT2D eigenvalue weighted by atomic mass is 10.0. The number of nitrogens with one attached hydrogen (secondary N) is 1. The lowest BCUT2D eigenvalue weighted by molar-refractivity contribution is -0.139. The van der Waals surface area contributed by atoms with Crippen molar-refractivity contribution in [3.63, 3.8) is 0 Å². The molecule has 1 saturated heterocycles. The highest BCUT2D eigenvalue weighted by Gasteiger charge is 2.29. The number of carbonyl (C=O) groups excluding carboxylic acids is 1. The molecule has 0 aliphatic carbocycles. The number of rotatable bonds is 4. The van der Waals surface area contributed by atoms with Crippen molar-refractivity contribution in [3.05, 3.63) is 0 Å². The summed E-state index contributed by atoms with van der Waals surface area (Å²) in [5.41, 5.74) is -0.747. The fourth-order valence-electron chi connectivity index (χ4n) is 1.57. The lowest BCUT2D eigenvalue weighted by Crippen LogP contribution is -2.45. The van der Waals surface area contributed by atoms with Crippen LogP contribution < -0.4 is 5.32 Å². The molecule has 0 spiro atoms. The summed E-state index contributed by atoms with van der Waals surface area (Å²) >= 11 is 0. The van der Waals surface area contributed by atoms with Gasteiger partial charge in [0, 0.05) is 26.2 Å². The first-order valence-electron chi connectivity index (χ1n) is 5.42. The molecule has 0 bridgehead atoms. The van der Waals surface area contributed by atoms with Gasteiger partial charge in [-0.15, -0.1) is 0 Å². The van der Waals surface area contributed by atoms with Gasteiger partial charge in [-0.3, -0.25) is 4.79 Å². The number of hydrogen-bond acceptors (Lipinski definition) is 3. The Balaban J connectivity index is 2.34. The molecule has 0 aromatic rings. The van der Waals surface area contributed by atoms with E-state index in [-0.39, 0.29) is 12.0 Å². The summed E-state index contributed by atoms with van der Waals surface area (Å²) < 4.78 is 10.5. The molecule has 1 aliphatic heterocycles. The number of amides is 1. The molecule has 2 unspecified atom stereocenters. The molecule has 88 valence electrons. The lowest BCUT2D eigenvalue weighted by Gasteiger charge is -2.23. The summed E-state index contributed by atoms with van der Waals surface area (Å²) in [6.07, 6.45) is 1.27. The maximum absolute atomic E-state index is 11.7. The monoisotopic (exact) mass is 215 g/mol. The summed E-state index contributed by atoms with van der Waals surface area (Å²) in [4.78, 5) is 11.7. The van der Waals surface area contributed by atoms with Gasteiger partial charge in [-0.05, 0) is 27.2 Å². The van der Waals surface area contributed by atoms with Crippen LogP contribution >= 0.6 is 0 Å². The molecular formula is C11H21NO3. The summed E-state index contributed by atoms with van der Waals surface area (Å²) in [6, 6.07) is 0. The van der Waals surface area contributed by atoms with Crippen molar-refractivity contribution < 1.29 is 14.3 Å². The van der Waals surface area contributed by atoms with Crippen LogP contribution in [0.5, 0.6) is 0 Å². The van der Waals surface area contributed by atoms with Gasteiger partial charge in [0.2, 0.25) is 0 Å². The predicted molar refractivity (Wildman–Crippen MR) is 57.6 cm³/mol. The smallest absolute Gasteiger partial charge is 0.251 e. The maximum Gasteiger partial charge on any atom is 0.251 e. The van der Waals surface area contributed by atoms with Crippen LogP contribution in [0.1, 0.15) is 27.2 Å². The zero-order valence-corrected chi connectivity index (χ0v) is 10.0. The van der Waals surface area contributed by atoms with Crippen LogP contribution in [0.25, 0.3) is 0 Å². The van der Waals surface area contributed by atoms with Crippen molar-refractivity contribution in [1.82, 2.24) is 5.32 Å². The molecular weight excluding hydrogens is 194 g/mol. The molecule has 1 heterocycles. The van der Waals surface area contributed by atoms with E-state index in [0.717, 1.165) is 13.0 Å². The maximum atomic E-state index is 11.7. The van der Waals surface area contributed by atoms with Gasteiger partial charge in [-0.1, -0.05) is 0 Å². The van der Waals surface area contributed by atoms with Gasteiger partial charge in [0.1, 0.15) is 5.60 Å². The minimum Gasteiger partial charge on any atom is -0.378 e. The van der Waals surface area contributed by atoms with E-state index in [1.54, 1.807) is 21.0 Å². The van der Waals surface area contributed by atoms with E-state index in [0.29, 0.717) is 12.5 Å². The number of ether oxygens (including phenoxy) is 2. The minimum atomic E-state index is -0.747. The van der Waals surface area contributed by atoms with E-state index in [1.807, 2.05) is 6.92 Å². The molecule has 1 aliphatic rings. The van der Waals surface area contributed by atoms with Crippen molar-refractivity contribution in [2.75, 3.05) is 20.3 Å². The van der Waals surface area contributed by atoms with Gasteiger partial charge in [-0.2, -0.15) is 0 Å². The summed E-state index contributed by atoms with van der Waals surface area (Å²) in [5.74, 6) is 0.366. The van der Waals surface area contributed by atoms with Gasteiger partial charge >= 0.3 is 0 Å². The Labute approximate surface area is 91.3 Å². The molecule has 0 aromatic carbocycles. The van der Waals surface area contributed by atoms with E-state index < -0.39 is 5.60 Å². The molecule has 15 heavy (non-hydrogen) atoms. The zero-order chi connectivity index (χ0) is 11.5. The largest absolute Gasteiger partial charge is 0.378 e. The molecule has 1 fully saturated rings. The van der Waals surface area contributed by atoms with Crippen LogP contribution in [0.4, 0.5) is 0 Å². The van der Waals surface area contributed by atoms with Gasteiger partial charge in [0.05, 0.1) is 6.10 Å². The van der Waals surface area contributed by atoms with Gasteiger partial charge in [-0.25, -0.2) is 0 Å². The highest BCUT2D eigenvalue weighted by molar-refractivity contribution is 5.84. The molecule has 0 aromatic heterocycles. The van der Waals surface area contributed by atoms with Crippen LogP contribution in [-0.2, 0) is 14.3 Å². The average Bonchev–Trinajstić information content (AvgIpc) is 2.60. The third kappa shape index (κ3) is 3.18. The first-order valence-corrected chi connectivity index (χ1v) is 5.42. The zero-order valence-electron chi connectivity index (χ0n) is 10.0. The van der Waals surface area contributed by atoms with Gasteiger partial charge in [0.25, 0.3) is 5.91 Å². The van der Waals surface area contributed by atoms with Crippen molar-refractivity contribution >= 4 is 5.91 Å². The molecule has 1 N–H and O–H groups in total. The Morgan fingerprint density at radius 3 is 2.73 bits per heavy atom. The van der Waals surface area contributed by atoms with Crippen molar-refractivity contribution in [2.45, 2.75) is 38.9 Å². The van der Waals surface area contributed by atoms with Gasteiger partial charge in [0.15, 0.2) is 0 Å². The average molecular weight is 215 g/mol. The summed E-state index contributed by atoms with van der Waals surface area (Å²) in [6.45, 7) is 7.04. The third-order valence-electron chi connectivity index (χ3n) is 3.12. The van der Waals surface area contributed by atoms with E-state index in [9.17, 15) is 4.79 Å². The first kappa shape index (κ1) is 12.5. The topological polar surface area (TPSA) is 47.6 Å². The summed E-state index contributed by atoms with van der Waals surface area (Å²) in [7, 11) is 1.54. The normalized spacial score (nSPS) is 26.7. The Bertz CT molecular complexity index is 228. The molecule has 2 atom stereocenters. The second-order valence-corrected chi connectivity index (χ2v) is 4.55. The molecule has 0 radical (unpaired) electrons. The molecule has 4 heteroatoms. The van der Waals surface area contributed by atoms with E-state index in [4.69, 9.17) is 9.47 Å². The minimum absolute atomic E-state index is 0.0656. The second kappa shape index (κ2) is 4.94. The number of carbonyl (C=O) groups is 1. The molecule has 4 nitrogen and oxygen atoms in total. The number of methoxy groups -OCH3 is 1. The van der Waals surface area contributed by atoms with Crippen LogP contribution in [0.15, 0.2) is 0 Å². The van der Waals surface area contributed by atoms with Crippen molar-refractivity contribution in [3.8, 4) is 0 Å². The Morgan fingerprint density at radius 2 is 2.27 bits per heavy atom. The molecule has 1 amide bonds. The number of hydrogen-bond donors (Lipinski definition) is 1. The molecule has 1 rings (SSSR count). The van der Waals surface area contributed by atoms with Crippen LogP contribution in [0.3, 0.4) is 0 Å². The Hall–Kier alpha value is -0.610. The second-order valence-electron chi connectivity index (χ2n) is 4.55. The van der Waals surface area contributed by atoms with Crippen LogP contribution in [0, 0.1) is 5.92 Å². The van der Waals surface area contributed by atoms with E-state index >= 15 is 0 Å². The highest BCUT2D eigenvalue weighted by Crippen LogP contribution is 2.19. The van der Waals surface area contributed by atoms with Crippen LogP contribution in [0.2, 0.25) is 0 Å².